The summed E-state index contributed by atoms with van der Waals surface area (Å²) in [6.07, 6.45) is 1.64. The molecule has 0 bridgehead atoms. The lowest BCUT2D eigenvalue weighted by atomic mass is 10.5. The highest BCUT2D eigenvalue weighted by molar-refractivity contribution is 5.75. The highest BCUT2D eigenvalue weighted by Crippen LogP contribution is 2.18. The van der Waals surface area contributed by atoms with Crippen molar-refractivity contribution in [1.82, 2.24) is 9.78 Å². The van der Waals surface area contributed by atoms with Gasteiger partial charge in [0.15, 0.2) is 11.5 Å². The molecule has 2 rings (SSSR count). The van der Waals surface area contributed by atoms with Gasteiger partial charge in [-0.25, -0.2) is 0 Å². The van der Waals surface area contributed by atoms with E-state index in [1.165, 1.54) is 0 Å². The Morgan fingerprint density at radius 3 is 3.20 bits per heavy atom. The number of hydrogen-bond acceptors (Lipinski definition) is 3. The number of aromatic nitrogens is 2. The Balaban J connectivity index is 2.90. The number of aryl methyl sites for hydroxylation is 1. The van der Waals surface area contributed by atoms with Crippen LogP contribution in [0.3, 0.4) is 0 Å². The Morgan fingerprint density at radius 1 is 1.70 bits per heavy atom. The summed E-state index contributed by atoms with van der Waals surface area (Å²) in [5, 5.41) is 3.96. The maximum absolute atomic E-state index is 5.40. The van der Waals surface area contributed by atoms with Crippen molar-refractivity contribution in [2.75, 3.05) is 5.73 Å². The Morgan fingerprint density at radius 2 is 2.50 bits per heavy atom. The van der Waals surface area contributed by atoms with Crippen LogP contribution in [0.4, 0.5) is 5.88 Å². The molecule has 0 aliphatic rings. The summed E-state index contributed by atoms with van der Waals surface area (Å²) in [6, 6.07) is 1.75. The molecule has 2 heterocycles. The van der Waals surface area contributed by atoms with Crippen molar-refractivity contribution >= 4 is 17.0 Å². The maximum Gasteiger partial charge on any atom is 0.193 e. The number of anilines is 1. The normalized spacial score (nSPS) is 10.9. The van der Waals surface area contributed by atoms with E-state index in [-0.39, 0.29) is 0 Å². The molecule has 0 spiro atoms. The van der Waals surface area contributed by atoms with Gasteiger partial charge in [0.25, 0.3) is 0 Å². The topological polar surface area (TPSA) is 57.0 Å². The molecule has 0 fully saturated rings. The van der Waals surface area contributed by atoms with Gasteiger partial charge >= 0.3 is 0 Å². The molecular formula is C6H7N3O. The first-order valence-electron chi connectivity index (χ1n) is 2.94. The van der Waals surface area contributed by atoms with E-state index in [1.807, 2.05) is 7.05 Å². The molecule has 0 aromatic carbocycles. The number of nitrogen functional groups attached to an aromatic ring is 1. The zero-order chi connectivity index (χ0) is 7.14. The van der Waals surface area contributed by atoms with E-state index in [2.05, 4.69) is 5.10 Å². The van der Waals surface area contributed by atoms with Gasteiger partial charge in [0.2, 0.25) is 0 Å². The van der Waals surface area contributed by atoms with Crippen LogP contribution in [0.2, 0.25) is 0 Å². The molecule has 0 aliphatic carbocycles. The molecule has 10 heavy (non-hydrogen) atoms. The van der Waals surface area contributed by atoms with Crippen LogP contribution >= 0.6 is 0 Å². The van der Waals surface area contributed by atoms with Gasteiger partial charge < -0.3 is 10.2 Å². The molecule has 2 N–H and O–H groups in total. The molecule has 52 valence electrons. The average molecular weight is 137 g/mol. The fourth-order valence-electron chi connectivity index (χ4n) is 0.961. The minimum absolute atomic E-state index is 0.433. The molecule has 2 aromatic rings. The average Bonchev–Trinajstić information content (AvgIpc) is 2.35. The monoisotopic (exact) mass is 137 g/mol. The summed E-state index contributed by atoms with van der Waals surface area (Å²) in [5.74, 6) is 0.433. The van der Waals surface area contributed by atoms with E-state index >= 15 is 0 Å². The van der Waals surface area contributed by atoms with Crippen molar-refractivity contribution in [3.05, 3.63) is 12.3 Å². The van der Waals surface area contributed by atoms with Gasteiger partial charge in [0.1, 0.15) is 5.52 Å². The van der Waals surface area contributed by atoms with Crippen LogP contribution in [0.15, 0.2) is 16.7 Å². The van der Waals surface area contributed by atoms with Crippen LogP contribution in [0, 0.1) is 0 Å². The first kappa shape index (κ1) is 5.34. The number of hydrogen-bond donors (Lipinski definition) is 1. The maximum atomic E-state index is 5.40. The highest BCUT2D eigenvalue weighted by atomic mass is 16.3. The molecule has 2 aromatic heterocycles. The summed E-state index contributed by atoms with van der Waals surface area (Å²) < 4.78 is 6.80. The Labute approximate surface area is 57.2 Å². The third-order valence-electron chi connectivity index (χ3n) is 1.46. The van der Waals surface area contributed by atoms with Crippen molar-refractivity contribution in [3.8, 4) is 0 Å². The minimum Gasteiger partial charge on any atom is -0.438 e. The number of rotatable bonds is 0. The standard InChI is InChI=1S/C6H7N3O/c1-9-4-2-6(7)10-5(4)3-8-9/h2-3H,7H2,1H3. The van der Waals surface area contributed by atoms with Gasteiger partial charge in [-0.1, -0.05) is 0 Å². The van der Waals surface area contributed by atoms with Gasteiger partial charge in [-0.15, -0.1) is 0 Å². The molecule has 0 amide bonds. The molecule has 4 nitrogen and oxygen atoms in total. The molecule has 0 radical (unpaired) electrons. The molecule has 0 saturated heterocycles. The Hall–Kier alpha value is -1.45. The smallest absolute Gasteiger partial charge is 0.193 e. The van der Waals surface area contributed by atoms with Gasteiger partial charge in [0, 0.05) is 13.1 Å². The number of nitrogens with zero attached hydrogens (tertiary/aromatic N) is 2. The van der Waals surface area contributed by atoms with E-state index < -0.39 is 0 Å². The minimum atomic E-state index is 0.433. The van der Waals surface area contributed by atoms with Gasteiger partial charge in [-0.2, -0.15) is 5.10 Å². The molecule has 0 aliphatic heterocycles. The third kappa shape index (κ3) is 0.528. The summed E-state index contributed by atoms with van der Waals surface area (Å²) in [4.78, 5) is 0. The SMILES string of the molecule is Cn1ncc2oc(N)cc21. The summed E-state index contributed by atoms with van der Waals surface area (Å²) in [5.41, 5.74) is 7.06. The second-order valence-electron chi connectivity index (χ2n) is 2.17. The van der Waals surface area contributed by atoms with Gasteiger partial charge in [-0.05, 0) is 0 Å². The van der Waals surface area contributed by atoms with Crippen LogP contribution in [0.5, 0.6) is 0 Å². The lowest BCUT2D eigenvalue weighted by molar-refractivity contribution is 0.637. The quantitative estimate of drug-likeness (QED) is 0.582. The fraction of sp³-hybridized carbons (Fsp3) is 0.167. The Kier molecular flexibility index (Phi) is 0.818. The highest BCUT2D eigenvalue weighted by Gasteiger charge is 2.03. The van der Waals surface area contributed by atoms with Crippen LogP contribution in [-0.4, -0.2) is 9.78 Å². The van der Waals surface area contributed by atoms with Crippen molar-refractivity contribution in [2.45, 2.75) is 0 Å². The van der Waals surface area contributed by atoms with Gasteiger partial charge in [-0.3, -0.25) is 4.68 Å². The van der Waals surface area contributed by atoms with Crippen molar-refractivity contribution in [2.24, 2.45) is 7.05 Å². The zero-order valence-electron chi connectivity index (χ0n) is 5.53. The lowest BCUT2D eigenvalue weighted by Gasteiger charge is -1.83. The van der Waals surface area contributed by atoms with Gasteiger partial charge in [0.05, 0.1) is 6.20 Å². The van der Waals surface area contributed by atoms with Crippen LogP contribution < -0.4 is 5.73 Å². The number of nitrogens with two attached hydrogens (primary N) is 1. The van der Waals surface area contributed by atoms with Crippen molar-refractivity contribution in [3.63, 3.8) is 0 Å². The third-order valence-corrected chi connectivity index (χ3v) is 1.46. The van der Waals surface area contributed by atoms with Crippen molar-refractivity contribution in [1.29, 1.82) is 0 Å². The van der Waals surface area contributed by atoms with Crippen LogP contribution in [-0.2, 0) is 7.05 Å². The predicted octanol–water partition coefficient (Wildman–Crippen LogP) is 0.749. The summed E-state index contributed by atoms with van der Waals surface area (Å²) >= 11 is 0. The molecule has 0 unspecified atom stereocenters. The second kappa shape index (κ2) is 1.53. The molecule has 0 atom stereocenters. The van der Waals surface area contributed by atoms with E-state index in [4.69, 9.17) is 10.2 Å². The van der Waals surface area contributed by atoms with E-state index in [0.29, 0.717) is 5.88 Å². The van der Waals surface area contributed by atoms with Crippen LogP contribution in [0.25, 0.3) is 11.1 Å². The molecular weight excluding hydrogens is 130 g/mol. The fourth-order valence-corrected chi connectivity index (χ4v) is 0.961. The van der Waals surface area contributed by atoms with E-state index in [1.54, 1.807) is 16.9 Å². The number of furan rings is 1. The molecule has 0 saturated carbocycles. The van der Waals surface area contributed by atoms with E-state index in [9.17, 15) is 0 Å². The molecule has 4 heteroatoms. The Bertz CT molecular complexity index is 360. The summed E-state index contributed by atoms with van der Waals surface area (Å²) in [7, 11) is 1.84. The first-order valence-corrected chi connectivity index (χ1v) is 2.94. The number of fused-ring (bicyclic) bond motifs is 1. The first-order chi connectivity index (χ1) is 4.77. The van der Waals surface area contributed by atoms with Crippen molar-refractivity contribution < 1.29 is 4.42 Å². The summed E-state index contributed by atoms with van der Waals surface area (Å²) in [6.45, 7) is 0. The van der Waals surface area contributed by atoms with E-state index in [0.717, 1.165) is 11.1 Å². The zero-order valence-corrected chi connectivity index (χ0v) is 5.53. The van der Waals surface area contributed by atoms with Crippen LogP contribution in [0.1, 0.15) is 0 Å². The predicted molar refractivity (Wildman–Crippen MR) is 37.4 cm³/mol. The largest absolute Gasteiger partial charge is 0.438 e. The lowest BCUT2D eigenvalue weighted by Crippen LogP contribution is -1.87. The second-order valence-corrected chi connectivity index (χ2v) is 2.17.